The molecule has 1 aliphatic heterocycles. The Hall–Kier alpha value is -2.13. The molecule has 9 heteroatoms. The molecule has 1 amide bonds. The fraction of sp³-hybridized carbons (Fsp3) is 0.421. The van der Waals surface area contributed by atoms with Gasteiger partial charge in [0.15, 0.2) is 15.0 Å². The van der Waals surface area contributed by atoms with Crippen LogP contribution in [-0.2, 0) is 21.2 Å². The minimum absolute atomic E-state index is 0.0935. The summed E-state index contributed by atoms with van der Waals surface area (Å²) in [6.07, 6.45) is 2.27. The van der Waals surface area contributed by atoms with E-state index in [-0.39, 0.29) is 23.3 Å². The maximum Gasteiger partial charge on any atom is 0.237 e. The van der Waals surface area contributed by atoms with Crippen LogP contribution >= 0.6 is 11.8 Å². The number of anilines is 1. The van der Waals surface area contributed by atoms with Crippen molar-refractivity contribution in [2.75, 3.05) is 16.8 Å². The minimum atomic E-state index is -3.02. The first-order valence-corrected chi connectivity index (χ1v) is 11.8. The molecule has 0 saturated carbocycles. The van der Waals surface area contributed by atoms with Crippen LogP contribution in [0.1, 0.15) is 30.7 Å². The quantitative estimate of drug-likeness (QED) is 0.547. The van der Waals surface area contributed by atoms with Crippen molar-refractivity contribution in [2.24, 2.45) is 0 Å². The zero-order valence-corrected chi connectivity index (χ0v) is 17.6. The van der Waals surface area contributed by atoms with Crippen molar-refractivity contribution < 1.29 is 13.2 Å². The Kier molecular flexibility index (Phi) is 6.24. The Balaban J connectivity index is 1.75. The smallest absolute Gasteiger partial charge is 0.237 e. The zero-order chi connectivity index (χ0) is 20.3. The number of benzene rings is 1. The zero-order valence-electron chi connectivity index (χ0n) is 16.0. The Bertz CT molecular complexity index is 985. The Morgan fingerprint density at radius 2 is 2.18 bits per heavy atom. The number of aromatic nitrogens is 3. The fourth-order valence-electron chi connectivity index (χ4n) is 3.15. The van der Waals surface area contributed by atoms with Crippen molar-refractivity contribution in [1.82, 2.24) is 14.8 Å². The average Bonchev–Trinajstić information content (AvgIpc) is 3.20. The van der Waals surface area contributed by atoms with Gasteiger partial charge in [0.25, 0.3) is 0 Å². The highest BCUT2D eigenvalue weighted by Crippen LogP contribution is 2.31. The molecule has 0 unspecified atom stereocenters. The number of nitrogens with one attached hydrogen (secondary N) is 1. The van der Waals surface area contributed by atoms with E-state index in [0.717, 1.165) is 11.3 Å². The lowest BCUT2D eigenvalue weighted by Gasteiger charge is -2.15. The third kappa shape index (κ3) is 4.64. The maximum atomic E-state index is 12.6. The molecule has 150 valence electrons. The molecule has 7 nitrogen and oxygen atoms in total. The van der Waals surface area contributed by atoms with Gasteiger partial charge in [0.1, 0.15) is 5.82 Å². The average molecular weight is 421 g/mol. The minimum Gasteiger partial charge on any atom is -0.325 e. The third-order valence-corrected chi connectivity index (χ3v) is 7.56. The van der Waals surface area contributed by atoms with Crippen LogP contribution in [0.3, 0.4) is 0 Å². The highest BCUT2D eigenvalue weighted by atomic mass is 32.2. The molecule has 1 aliphatic rings. The second-order valence-electron chi connectivity index (χ2n) is 6.90. The lowest BCUT2D eigenvalue weighted by Crippen LogP contribution is -2.23. The number of nitrogens with zero attached hydrogens (tertiary/aromatic N) is 3. The molecule has 1 saturated heterocycles. The summed E-state index contributed by atoms with van der Waals surface area (Å²) < 4.78 is 25.5. The van der Waals surface area contributed by atoms with Gasteiger partial charge in [-0.25, -0.2) is 8.42 Å². The molecule has 1 fully saturated rings. The predicted octanol–water partition coefficient (Wildman–Crippen LogP) is 2.79. The fourth-order valence-corrected chi connectivity index (χ4v) is 5.75. The van der Waals surface area contributed by atoms with E-state index in [1.54, 1.807) is 6.08 Å². The number of thioether (sulfide) groups is 1. The Labute approximate surface area is 169 Å². The van der Waals surface area contributed by atoms with Gasteiger partial charge in [0, 0.05) is 18.2 Å². The number of rotatable bonds is 7. The molecule has 28 heavy (non-hydrogen) atoms. The standard InChI is InChI=1S/C19H24N4O3S2/c1-4-10-23-17(15-9-11-28(25,26)12-15)21-22-19(23)27-14(3)18(24)20-16-8-6-5-7-13(16)2/h4-8,14-15H,1,9-12H2,2-3H3,(H,20,24)/t14-,15+/m0/s1. The highest BCUT2D eigenvalue weighted by molar-refractivity contribution is 8.00. The molecule has 0 bridgehead atoms. The number of amides is 1. The van der Waals surface area contributed by atoms with Crippen LogP contribution in [0.4, 0.5) is 5.69 Å². The number of aryl methyl sites for hydroxylation is 1. The molecule has 0 aliphatic carbocycles. The van der Waals surface area contributed by atoms with Crippen LogP contribution in [0.2, 0.25) is 0 Å². The summed E-state index contributed by atoms with van der Waals surface area (Å²) in [6.45, 7) is 7.99. The van der Waals surface area contributed by atoms with Gasteiger partial charge in [-0.15, -0.1) is 16.8 Å². The van der Waals surface area contributed by atoms with Gasteiger partial charge >= 0.3 is 0 Å². The van der Waals surface area contributed by atoms with Crippen LogP contribution in [0.25, 0.3) is 0 Å². The van der Waals surface area contributed by atoms with Crippen molar-refractivity contribution in [3.63, 3.8) is 0 Å². The summed E-state index contributed by atoms with van der Waals surface area (Å²) in [5, 5.41) is 11.6. The van der Waals surface area contributed by atoms with Gasteiger partial charge in [0.05, 0.1) is 16.8 Å². The van der Waals surface area contributed by atoms with Crippen molar-refractivity contribution >= 4 is 33.2 Å². The van der Waals surface area contributed by atoms with E-state index in [1.807, 2.05) is 42.7 Å². The Morgan fingerprint density at radius 3 is 2.82 bits per heavy atom. The maximum absolute atomic E-state index is 12.6. The summed E-state index contributed by atoms with van der Waals surface area (Å²) in [6, 6.07) is 7.61. The van der Waals surface area contributed by atoms with Crippen molar-refractivity contribution in [3.8, 4) is 0 Å². The molecule has 1 aromatic carbocycles. The highest BCUT2D eigenvalue weighted by Gasteiger charge is 2.33. The number of hydrogen-bond acceptors (Lipinski definition) is 6. The molecule has 2 aromatic rings. The topological polar surface area (TPSA) is 93.9 Å². The lowest BCUT2D eigenvalue weighted by atomic mass is 10.1. The van der Waals surface area contributed by atoms with Crippen LogP contribution in [0, 0.1) is 6.92 Å². The number of allylic oxidation sites excluding steroid dienone is 1. The van der Waals surface area contributed by atoms with Crippen molar-refractivity contribution in [1.29, 1.82) is 0 Å². The van der Waals surface area contributed by atoms with E-state index < -0.39 is 15.1 Å². The molecule has 3 rings (SSSR count). The molecular formula is C19H24N4O3S2. The van der Waals surface area contributed by atoms with Crippen LogP contribution in [0.5, 0.6) is 0 Å². The predicted molar refractivity (Wildman–Crippen MR) is 111 cm³/mol. The summed E-state index contributed by atoms with van der Waals surface area (Å²) >= 11 is 1.30. The van der Waals surface area contributed by atoms with Crippen LogP contribution in [-0.4, -0.2) is 45.8 Å². The van der Waals surface area contributed by atoms with Gasteiger partial charge < -0.3 is 9.88 Å². The van der Waals surface area contributed by atoms with E-state index >= 15 is 0 Å². The van der Waals surface area contributed by atoms with E-state index in [1.165, 1.54) is 11.8 Å². The normalized spacial score (nSPS) is 19.3. The van der Waals surface area contributed by atoms with Gasteiger partial charge in [-0.05, 0) is 31.9 Å². The van der Waals surface area contributed by atoms with Gasteiger partial charge in [-0.2, -0.15) is 0 Å². The SMILES string of the molecule is C=CCn1c(S[C@@H](C)C(=O)Nc2ccccc2C)nnc1[C@@H]1CCS(=O)(=O)C1. The molecule has 0 radical (unpaired) electrons. The number of para-hydroxylation sites is 1. The largest absolute Gasteiger partial charge is 0.325 e. The molecule has 1 aromatic heterocycles. The van der Waals surface area contributed by atoms with E-state index in [4.69, 9.17) is 0 Å². The lowest BCUT2D eigenvalue weighted by molar-refractivity contribution is -0.115. The number of sulfone groups is 1. The number of carbonyl (C=O) groups is 1. The second kappa shape index (κ2) is 8.48. The van der Waals surface area contributed by atoms with E-state index in [2.05, 4.69) is 22.1 Å². The summed E-state index contributed by atoms with van der Waals surface area (Å²) in [7, 11) is -3.02. The first kappa shape index (κ1) is 20.6. The van der Waals surface area contributed by atoms with Crippen molar-refractivity contribution in [2.45, 2.75) is 43.1 Å². The van der Waals surface area contributed by atoms with E-state index in [0.29, 0.717) is 23.9 Å². The van der Waals surface area contributed by atoms with Gasteiger partial charge in [-0.1, -0.05) is 36.0 Å². The van der Waals surface area contributed by atoms with Crippen LogP contribution < -0.4 is 5.32 Å². The van der Waals surface area contributed by atoms with Gasteiger partial charge in [0.2, 0.25) is 5.91 Å². The summed E-state index contributed by atoms with van der Waals surface area (Å²) in [5.74, 6) is 0.627. The third-order valence-electron chi connectivity index (χ3n) is 4.71. The summed E-state index contributed by atoms with van der Waals surface area (Å²) in [4.78, 5) is 12.6. The molecule has 1 N–H and O–H groups in total. The molecular weight excluding hydrogens is 396 g/mol. The number of hydrogen-bond donors (Lipinski definition) is 1. The Morgan fingerprint density at radius 1 is 1.43 bits per heavy atom. The van der Waals surface area contributed by atoms with E-state index in [9.17, 15) is 13.2 Å². The molecule has 2 heterocycles. The van der Waals surface area contributed by atoms with Crippen molar-refractivity contribution in [3.05, 3.63) is 48.3 Å². The first-order valence-electron chi connectivity index (χ1n) is 9.08. The number of carbonyl (C=O) groups excluding carboxylic acids is 1. The molecule has 2 atom stereocenters. The summed E-state index contributed by atoms with van der Waals surface area (Å²) in [5.41, 5.74) is 1.77. The van der Waals surface area contributed by atoms with Gasteiger partial charge in [-0.3, -0.25) is 4.79 Å². The van der Waals surface area contributed by atoms with Crippen LogP contribution in [0.15, 0.2) is 42.1 Å². The first-order chi connectivity index (χ1) is 13.3. The molecule has 0 spiro atoms. The monoisotopic (exact) mass is 420 g/mol. The second-order valence-corrected chi connectivity index (χ2v) is 10.4.